The van der Waals surface area contributed by atoms with Gasteiger partial charge in [-0.3, -0.25) is 0 Å². The van der Waals surface area contributed by atoms with E-state index in [1.807, 2.05) is 30.3 Å². The summed E-state index contributed by atoms with van der Waals surface area (Å²) in [4.78, 5) is 1.17. The molecule has 0 spiro atoms. The Balaban J connectivity index is 2.04. The van der Waals surface area contributed by atoms with E-state index in [4.69, 9.17) is 10.5 Å². The van der Waals surface area contributed by atoms with Crippen molar-refractivity contribution < 1.29 is 4.74 Å². The Morgan fingerprint density at radius 2 is 2.00 bits per heavy atom. The van der Waals surface area contributed by atoms with Gasteiger partial charge in [0.25, 0.3) is 0 Å². The first-order valence-electron chi connectivity index (χ1n) is 4.56. The Hall–Kier alpha value is -0.520. The van der Waals surface area contributed by atoms with E-state index in [0.29, 0.717) is 12.3 Å². The van der Waals surface area contributed by atoms with Gasteiger partial charge in [-0.15, -0.1) is 11.3 Å². The summed E-state index contributed by atoms with van der Waals surface area (Å²) in [5.41, 5.74) is 6.41. The van der Waals surface area contributed by atoms with Crippen molar-refractivity contribution in [1.29, 1.82) is 0 Å². The minimum atomic E-state index is 0.562. The Bertz CT molecular complexity index is 478. The number of nitrogen functional groups attached to an aromatic ring is 1. The minimum absolute atomic E-state index is 0.562. The maximum Gasteiger partial charge on any atom is 0.123 e. The highest BCUT2D eigenvalue weighted by Crippen LogP contribution is 2.26. The molecule has 0 fully saturated rings. The molecule has 84 valence electrons. The highest BCUT2D eigenvalue weighted by Gasteiger charge is 2.01. The molecule has 1 aromatic carbocycles. The molecule has 0 amide bonds. The summed E-state index contributed by atoms with van der Waals surface area (Å²) in [6, 6.07) is 9.61. The van der Waals surface area contributed by atoms with Gasteiger partial charge in [0.15, 0.2) is 0 Å². The highest BCUT2D eigenvalue weighted by molar-refractivity contribution is 9.11. The van der Waals surface area contributed by atoms with E-state index >= 15 is 0 Å². The van der Waals surface area contributed by atoms with Gasteiger partial charge in [-0.05, 0) is 40.2 Å². The SMILES string of the molecule is Nc1cc(Br)cc(OCc2ccc(Br)s2)c1. The maximum atomic E-state index is 5.72. The van der Waals surface area contributed by atoms with Crippen molar-refractivity contribution in [3.8, 4) is 5.75 Å². The number of rotatable bonds is 3. The van der Waals surface area contributed by atoms with Crippen molar-refractivity contribution in [3.05, 3.63) is 43.5 Å². The number of hydrogen-bond acceptors (Lipinski definition) is 3. The van der Waals surface area contributed by atoms with Crippen molar-refractivity contribution in [3.63, 3.8) is 0 Å². The topological polar surface area (TPSA) is 35.2 Å². The molecule has 1 aromatic heterocycles. The van der Waals surface area contributed by atoms with Gasteiger partial charge in [0.2, 0.25) is 0 Å². The van der Waals surface area contributed by atoms with Crippen LogP contribution in [0.4, 0.5) is 5.69 Å². The van der Waals surface area contributed by atoms with E-state index in [9.17, 15) is 0 Å². The van der Waals surface area contributed by atoms with Crippen LogP contribution in [0, 0.1) is 0 Å². The average molecular weight is 363 g/mol. The molecule has 0 aliphatic carbocycles. The first-order chi connectivity index (χ1) is 7.63. The van der Waals surface area contributed by atoms with Gasteiger partial charge < -0.3 is 10.5 Å². The number of benzene rings is 1. The van der Waals surface area contributed by atoms with E-state index < -0.39 is 0 Å². The predicted molar refractivity (Wildman–Crippen MR) is 74.9 cm³/mol. The summed E-state index contributed by atoms with van der Waals surface area (Å²) in [7, 11) is 0. The predicted octanol–water partition coefficient (Wildman–Crippen LogP) is 4.43. The van der Waals surface area contributed by atoms with Crippen LogP contribution in [-0.2, 0) is 6.61 Å². The molecule has 0 saturated heterocycles. The van der Waals surface area contributed by atoms with E-state index in [-0.39, 0.29) is 0 Å². The molecule has 0 radical (unpaired) electrons. The first-order valence-corrected chi connectivity index (χ1v) is 6.97. The standard InChI is InChI=1S/C11H9Br2NOS/c12-7-3-8(14)5-9(4-7)15-6-10-1-2-11(13)16-10/h1-5H,6,14H2. The van der Waals surface area contributed by atoms with Crippen molar-refractivity contribution in [2.75, 3.05) is 5.73 Å². The number of thiophene rings is 1. The lowest BCUT2D eigenvalue weighted by Crippen LogP contribution is -1.94. The average Bonchev–Trinajstić information content (AvgIpc) is 2.60. The molecule has 0 atom stereocenters. The second kappa shape index (κ2) is 5.21. The third-order valence-electron chi connectivity index (χ3n) is 1.90. The lowest BCUT2D eigenvalue weighted by Gasteiger charge is -2.06. The zero-order valence-electron chi connectivity index (χ0n) is 8.24. The number of halogens is 2. The number of ether oxygens (including phenoxy) is 1. The molecule has 2 nitrogen and oxygen atoms in total. The summed E-state index contributed by atoms with van der Waals surface area (Å²) in [5, 5.41) is 0. The largest absolute Gasteiger partial charge is 0.488 e. The van der Waals surface area contributed by atoms with Gasteiger partial charge in [0.1, 0.15) is 12.4 Å². The van der Waals surface area contributed by atoms with Gasteiger partial charge in [0, 0.05) is 21.1 Å². The summed E-state index contributed by atoms with van der Waals surface area (Å²) >= 11 is 8.46. The molecule has 1 heterocycles. The Morgan fingerprint density at radius 1 is 1.19 bits per heavy atom. The fourth-order valence-electron chi connectivity index (χ4n) is 1.25. The molecule has 0 aliphatic heterocycles. The van der Waals surface area contributed by atoms with Crippen molar-refractivity contribution in [2.45, 2.75) is 6.61 Å². The van der Waals surface area contributed by atoms with Crippen molar-refractivity contribution >= 4 is 48.9 Å². The summed E-state index contributed by atoms with van der Waals surface area (Å²) < 4.78 is 7.68. The quantitative estimate of drug-likeness (QED) is 0.819. The summed E-state index contributed by atoms with van der Waals surface area (Å²) in [6.45, 7) is 0.562. The van der Waals surface area contributed by atoms with Crippen LogP contribution in [0.1, 0.15) is 4.88 Å². The fourth-order valence-corrected chi connectivity index (χ4v) is 3.14. The van der Waals surface area contributed by atoms with E-state index in [2.05, 4.69) is 31.9 Å². The van der Waals surface area contributed by atoms with Crippen LogP contribution in [0.5, 0.6) is 5.75 Å². The molecule has 2 N–H and O–H groups in total. The second-order valence-electron chi connectivity index (χ2n) is 3.21. The molecular formula is C11H9Br2NOS. The Labute approximate surface area is 115 Å². The summed E-state index contributed by atoms with van der Waals surface area (Å²) in [5.74, 6) is 0.774. The molecule has 2 rings (SSSR count). The smallest absolute Gasteiger partial charge is 0.123 e. The van der Waals surface area contributed by atoms with Gasteiger partial charge in [-0.25, -0.2) is 0 Å². The molecular weight excluding hydrogens is 354 g/mol. The molecule has 5 heteroatoms. The van der Waals surface area contributed by atoms with E-state index in [1.165, 1.54) is 4.88 Å². The lowest BCUT2D eigenvalue weighted by atomic mass is 10.3. The molecule has 0 unspecified atom stereocenters. The van der Waals surface area contributed by atoms with Crippen LogP contribution in [-0.4, -0.2) is 0 Å². The first kappa shape index (κ1) is 12.0. The van der Waals surface area contributed by atoms with Crippen molar-refractivity contribution in [2.24, 2.45) is 0 Å². The lowest BCUT2D eigenvalue weighted by molar-refractivity contribution is 0.310. The van der Waals surface area contributed by atoms with Crippen LogP contribution in [0.2, 0.25) is 0 Å². The van der Waals surface area contributed by atoms with Crippen LogP contribution in [0.25, 0.3) is 0 Å². The third kappa shape index (κ3) is 3.23. The Morgan fingerprint density at radius 3 is 2.62 bits per heavy atom. The maximum absolute atomic E-state index is 5.72. The van der Waals surface area contributed by atoms with E-state index in [0.717, 1.165) is 14.0 Å². The van der Waals surface area contributed by atoms with Gasteiger partial charge >= 0.3 is 0 Å². The number of hydrogen-bond donors (Lipinski definition) is 1. The molecule has 0 bridgehead atoms. The molecule has 0 saturated carbocycles. The van der Waals surface area contributed by atoms with Crippen LogP contribution in [0.3, 0.4) is 0 Å². The summed E-state index contributed by atoms with van der Waals surface area (Å²) in [6.07, 6.45) is 0. The second-order valence-corrected chi connectivity index (χ2v) is 6.68. The third-order valence-corrected chi connectivity index (χ3v) is 3.96. The minimum Gasteiger partial charge on any atom is -0.488 e. The number of nitrogens with two attached hydrogens (primary N) is 1. The molecule has 2 aromatic rings. The van der Waals surface area contributed by atoms with Crippen LogP contribution >= 0.6 is 43.2 Å². The van der Waals surface area contributed by atoms with E-state index in [1.54, 1.807) is 11.3 Å². The van der Waals surface area contributed by atoms with Crippen LogP contribution < -0.4 is 10.5 Å². The Kier molecular flexibility index (Phi) is 3.89. The monoisotopic (exact) mass is 361 g/mol. The normalized spacial score (nSPS) is 10.4. The van der Waals surface area contributed by atoms with Crippen molar-refractivity contribution in [1.82, 2.24) is 0 Å². The van der Waals surface area contributed by atoms with Gasteiger partial charge in [-0.1, -0.05) is 15.9 Å². The fraction of sp³-hybridized carbons (Fsp3) is 0.0909. The molecule has 16 heavy (non-hydrogen) atoms. The van der Waals surface area contributed by atoms with Gasteiger partial charge in [0.05, 0.1) is 3.79 Å². The van der Waals surface area contributed by atoms with Gasteiger partial charge in [-0.2, -0.15) is 0 Å². The molecule has 0 aliphatic rings. The number of anilines is 1. The zero-order chi connectivity index (χ0) is 11.5. The van der Waals surface area contributed by atoms with Crippen LogP contribution in [0.15, 0.2) is 38.6 Å². The zero-order valence-corrected chi connectivity index (χ0v) is 12.2. The highest BCUT2D eigenvalue weighted by atomic mass is 79.9.